The molecule has 23 heavy (non-hydrogen) atoms. The van der Waals surface area contributed by atoms with Crippen LogP contribution in [0.2, 0.25) is 0 Å². The molecule has 0 radical (unpaired) electrons. The molecule has 0 spiro atoms. The fourth-order valence-electron chi connectivity index (χ4n) is 2.13. The van der Waals surface area contributed by atoms with E-state index in [2.05, 4.69) is 15.5 Å². The Morgan fingerprint density at radius 1 is 1.13 bits per heavy atom. The van der Waals surface area contributed by atoms with Crippen molar-refractivity contribution in [3.8, 4) is 5.69 Å². The molecule has 1 amide bonds. The monoisotopic (exact) mass is 310 g/mol. The molecule has 0 aliphatic carbocycles. The molecule has 1 heterocycles. The first kappa shape index (κ1) is 14.9. The summed E-state index contributed by atoms with van der Waals surface area (Å²) in [5, 5.41) is 11.3. The van der Waals surface area contributed by atoms with Gasteiger partial charge in [-0.3, -0.25) is 4.79 Å². The van der Waals surface area contributed by atoms with Crippen LogP contribution >= 0.6 is 0 Å². The van der Waals surface area contributed by atoms with Crippen molar-refractivity contribution in [1.82, 2.24) is 20.3 Å². The summed E-state index contributed by atoms with van der Waals surface area (Å²) in [6.07, 6.45) is 2.22. The third-order valence-electron chi connectivity index (χ3n) is 3.28. The van der Waals surface area contributed by atoms with Gasteiger partial charge in [0, 0.05) is 18.5 Å². The number of halogens is 1. The number of carbonyl (C=O) groups is 1. The number of amides is 1. The number of hydrogen-bond acceptors (Lipinski definition) is 3. The van der Waals surface area contributed by atoms with Gasteiger partial charge in [-0.15, -0.1) is 0 Å². The Labute approximate surface area is 132 Å². The lowest BCUT2D eigenvalue weighted by atomic mass is 10.2. The van der Waals surface area contributed by atoms with Crippen molar-refractivity contribution in [3.63, 3.8) is 0 Å². The maximum Gasteiger partial charge on any atom is 0.251 e. The molecule has 0 aliphatic rings. The van der Waals surface area contributed by atoms with Gasteiger partial charge in [-0.05, 0) is 30.3 Å². The van der Waals surface area contributed by atoms with Crippen molar-refractivity contribution in [1.29, 1.82) is 0 Å². The smallest absolute Gasteiger partial charge is 0.251 e. The Kier molecular flexibility index (Phi) is 4.42. The molecule has 3 rings (SSSR count). The van der Waals surface area contributed by atoms with Crippen LogP contribution in [0.5, 0.6) is 0 Å². The Morgan fingerprint density at radius 2 is 1.96 bits per heavy atom. The molecular formula is C17H15FN4O. The van der Waals surface area contributed by atoms with Crippen LogP contribution in [-0.2, 0) is 6.42 Å². The van der Waals surface area contributed by atoms with Gasteiger partial charge in [-0.1, -0.05) is 24.3 Å². The lowest BCUT2D eigenvalue weighted by molar-refractivity contribution is 0.0953. The standard InChI is InChI=1S/C17H15FN4O/c18-14-6-4-5-13(11-14)17(23)19-10-9-15-12-20-22(21-15)16-7-2-1-3-8-16/h1-8,11-12H,9-10H2,(H,19,23). The van der Waals surface area contributed by atoms with E-state index in [0.717, 1.165) is 11.4 Å². The minimum atomic E-state index is -0.427. The van der Waals surface area contributed by atoms with Gasteiger partial charge in [0.05, 0.1) is 17.6 Å². The average Bonchev–Trinajstić information content (AvgIpc) is 3.04. The predicted molar refractivity (Wildman–Crippen MR) is 83.8 cm³/mol. The van der Waals surface area contributed by atoms with Crippen LogP contribution in [0.1, 0.15) is 16.1 Å². The summed E-state index contributed by atoms with van der Waals surface area (Å²) in [4.78, 5) is 13.4. The highest BCUT2D eigenvalue weighted by atomic mass is 19.1. The van der Waals surface area contributed by atoms with Gasteiger partial charge in [0.15, 0.2) is 0 Å². The molecule has 2 aromatic carbocycles. The van der Waals surface area contributed by atoms with Crippen molar-refractivity contribution in [2.75, 3.05) is 6.54 Å². The molecule has 3 aromatic rings. The zero-order chi connectivity index (χ0) is 16.1. The van der Waals surface area contributed by atoms with E-state index in [-0.39, 0.29) is 5.91 Å². The average molecular weight is 310 g/mol. The Morgan fingerprint density at radius 3 is 2.74 bits per heavy atom. The molecule has 1 aromatic heterocycles. The zero-order valence-corrected chi connectivity index (χ0v) is 12.3. The van der Waals surface area contributed by atoms with E-state index < -0.39 is 5.82 Å². The number of nitrogens with one attached hydrogen (secondary N) is 1. The summed E-state index contributed by atoms with van der Waals surface area (Å²) in [6.45, 7) is 0.406. The normalized spacial score (nSPS) is 10.5. The number of rotatable bonds is 5. The highest BCUT2D eigenvalue weighted by Gasteiger charge is 2.07. The summed E-state index contributed by atoms with van der Waals surface area (Å²) in [6, 6.07) is 15.2. The van der Waals surface area contributed by atoms with E-state index in [1.165, 1.54) is 18.2 Å². The van der Waals surface area contributed by atoms with Gasteiger partial charge in [0.2, 0.25) is 0 Å². The Bertz CT molecular complexity index is 801. The van der Waals surface area contributed by atoms with Crippen molar-refractivity contribution in [3.05, 3.63) is 77.9 Å². The summed E-state index contributed by atoms with van der Waals surface area (Å²) in [5.74, 6) is -0.733. The molecule has 116 valence electrons. The Balaban J connectivity index is 1.55. The topological polar surface area (TPSA) is 59.8 Å². The largest absolute Gasteiger partial charge is 0.352 e. The quantitative estimate of drug-likeness (QED) is 0.787. The first-order chi connectivity index (χ1) is 11.2. The third-order valence-corrected chi connectivity index (χ3v) is 3.28. The van der Waals surface area contributed by atoms with Gasteiger partial charge in [-0.2, -0.15) is 15.0 Å². The van der Waals surface area contributed by atoms with Crippen molar-refractivity contribution in [2.24, 2.45) is 0 Å². The second-order valence-corrected chi connectivity index (χ2v) is 4.98. The van der Waals surface area contributed by atoms with E-state index >= 15 is 0 Å². The first-order valence-electron chi connectivity index (χ1n) is 7.23. The van der Waals surface area contributed by atoms with E-state index in [4.69, 9.17) is 0 Å². The highest BCUT2D eigenvalue weighted by Crippen LogP contribution is 2.05. The third kappa shape index (κ3) is 3.79. The molecule has 0 unspecified atom stereocenters. The first-order valence-corrected chi connectivity index (χ1v) is 7.23. The summed E-state index contributed by atoms with van der Waals surface area (Å²) >= 11 is 0. The minimum absolute atomic E-state index is 0.304. The van der Waals surface area contributed by atoms with Crippen molar-refractivity contribution in [2.45, 2.75) is 6.42 Å². The predicted octanol–water partition coefficient (Wildman–Crippen LogP) is 2.38. The van der Waals surface area contributed by atoms with Gasteiger partial charge in [0.25, 0.3) is 5.91 Å². The second-order valence-electron chi connectivity index (χ2n) is 4.98. The van der Waals surface area contributed by atoms with Gasteiger partial charge < -0.3 is 5.32 Å². The summed E-state index contributed by atoms with van der Waals surface area (Å²) in [5.41, 5.74) is 1.95. The fourth-order valence-corrected chi connectivity index (χ4v) is 2.13. The maximum atomic E-state index is 13.1. The fraction of sp³-hybridized carbons (Fsp3) is 0.118. The van der Waals surface area contributed by atoms with E-state index in [9.17, 15) is 9.18 Å². The number of para-hydroxylation sites is 1. The number of carbonyl (C=O) groups excluding carboxylic acids is 1. The minimum Gasteiger partial charge on any atom is -0.352 e. The number of hydrogen-bond donors (Lipinski definition) is 1. The van der Waals surface area contributed by atoms with Crippen molar-refractivity contribution < 1.29 is 9.18 Å². The number of aromatic nitrogens is 3. The van der Waals surface area contributed by atoms with E-state index in [1.807, 2.05) is 30.3 Å². The molecule has 0 atom stereocenters. The van der Waals surface area contributed by atoms with Gasteiger partial charge in [0.1, 0.15) is 5.82 Å². The van der Waals surface area contributed by atoms with Crippen LogP contribution in [0.4, 0.5) is 4.39 Å². The molecule has 0 aliphatic heterocycles. The maximum absolute atomic E-state index is 13.1. The molecule has 5 nitrogen and oxygen atoms in total. The zero-order valence-electron chi connectivity index (χ0n) is 12.3. The van der Waals surface area contributed by atoms with E-state index in [0.29, 0.717) is 18.5 Å². The molecule has 0 saturated heterocycles. The summed E-state index contributed by atoms with van der Waals surface area (Å²) < 4.78 is 13.1. The van der Waals surface area contributed by atoms with Crippen LogP contribution in [0.25, 0.3) is 5.69 Å². The molecular weight excluding hydrogens is 295 g/mol. The van der Waals surface area contributed by atoms with Crippen LogP contribution in [0.15, 0.2) is 60.8 Å². The molecule has 6 heteroatoms. The highest BCUT2D eigenvalue weighted by molar-refractivity contribution is 5.94. The number of benzene rings is 2. The van der Waals surface area contributed by atoms with Crippen LogP contribution in [-0.4, -0.2) is 27.4 Å². The molecule has 0 fully saturated rings. The van der Waals surface area contributed by atoms with Crippen molar-refractivity contribution >= 4 is 5.91 Å². The summed E-state index contributed by atoms with van der Waals surface area (Å²) in [7, 11) is 0. The second kappa shape index (κ2) is 6.83. The van der Waals surface area contributed by atoms with Crippen LogP contribution in [0.3, 0.4) is 0 Å². The number of nitrogens with zero attached hydrogens (tertiary/aromatic N) is 3. The van der Waals surface area contributed by atoms with Crippen LogP contribution < -0.4 is 5.32 Å². The lowest BCUT2D eigenvalue weighted by Gasteiger charge is -2.04. The van der Waals surface area contributed by atoms with E-state index in [1.54, 1.807) is 17.1 Å². The van der Waals surface area contributed by atoms with Gasteiger partial charge in [-0.25, -0.2) is 4.39 Å². The van der Waals surface area contributed by atoms with Gasteiger partial charge >= 0.3 is 0 Å². The lowest BCUT2D eigenvalue weighted by Crippen LogP contribution is -2.25. The Hall–Kier alpha value is -3.02. The SMILES string of the molecule is O=C(NCCc1cnn(-c2ccccc2)n1)c1cccc(F)c1. The molecule has 1 N–H and O–H groups in total. The van der Waals surface area contributed by atoms with Crippen LogP contribution in [0, 0.1) is 5.82 Å². The molecule has 0 saturated carbocycles. The molecule has 0 bridgehead atoms.